The number of rotatable bonds is 7. The van der Waals surface area contributed by atoms with Crippen molar-refractivity contribution in [1.82, 2.24) is 0 Å². The van der Waals surface area contributed by atoms with Crippen LogP contribution in [0.3, 0.4) is 0 Å². The molecular weight excluding hydrogens is 254 g/mol. The molecule has 1 aromatic carbocycles. The number of anilines is 1. The zero-order chi connectivity index (χ0) is 14.4. The van der Waals surface area contributed by atoms with E-state index in [1.165, 1.54) is 12.8 Å². The van der Waals surface area contributed by atoms with E-state index >= 15 is 0 Å². The Morgan fingerprint density at radius 1 is 1.35 bits per heavy atom. The van der Waals surface area contributed by atoms with Crippen molar-refractivity contribution in [3.63, 3.8) is 0 Å². The molecule has 0 aliphatic heterocycles. The lowest BCUT2D eigenvalue weighted by Gasteiger charge is -2.17. The van der Waals surface area contributed by atoms with Crippen LogP contribution < -0.4 is 10.1 Å². The van der Waals surface area contributed by atoms with Crippen molar-refractivity contribution in [3.05, 3.63) is 23.8 Å². The molecule has 0 saturated heterocycles. The SMILES string of the molecule is COc1ccc(NCC(O)COC2CCCC2)c(C)c1. The Kier molecular flexibility index (Phi) is 5.68. The molecule has 1 unspecified atom stereocenters. The van der Waals surface area contributed by atoms with E-state index in [9.17, 15) is 5.11 Å². The van der Waals surface area contributed by atoms with Crippen molar-refractivity contribution in [3.8, 4) is 5.75 Å². The Hall–Kier alpha value is -1.26. The van der Waals surface area contributed by atoms with Gasteiger partial charge in [0.05, 0.1) is 25.9 Å². The second kappa shape index (κ2) is 7.50. The van der Waals surface area contributed by atoms with E-state index < -0.39 is 6.10 Å². The molecule has 1 aromatic rings. The summed E-state index contributed by atoms with van der Waals surface area (Å²) in [7, 11) is 1.66. The normalized spacial score (nSPS) is 17.1. The quantitative estimate of drug-likeness (QED) is 0.806. The maximum absolute atomic E-state index is 9.95. The molecule has 0 aromatic heterocycles. The summed E-state index contributed by atoms with van der Waals surface area (Å²) in [5.74, 6) is 0.846. The van der Waals surface area contributed by atoms with Crippen LogP contribution in [0, 0.1) is 6.92 Å². The van der Waals surface area contributed by atoms with Crippen LogP contribution in [0.5, 0.6) is 5.75 Å². The van der Waals surface area contributed by atoms with Gasteiger partial charge in [-0.15, -0.1) is 0 Å². The standard InChI is InChI=1S/C16H25NO3/c1-12-9-15(19-2)7-8-16(12)17-10-13(18)11-20-14-5-3-4-6-14/h7-9,13-14,17-18H,3-6,10-11H2,1-2H3. The zero-order valence-electron chi connectivity index (χ0n) is 12.4. The summed E-state index contributed by atoms with van der Waals surface area (Å²) in [5, 5.41) is 13.2. The number of hydrogen-bond donors (Lipinski definition) is 2. The molecule has 2 N–H and O–H groups in total. The molecule has 112 valence electrons. The van der Waals surface area contributed by atoms with Gasteiger partial charge in [0, 0.05) is 12.2 Å². The third kappa shape index (κ3) is 4.39. The van der Waals surface area contributed by atoms with Crippen LogP contribution in [0.4, 0.5) is 5.69 Å². The number of aryl methyl sites for hydroxylation is 1. The van der Waals surface area contributed by atoms with Crippen molar-refractivity contribution in [2.75, 3.05) is 25.6 Å². The minimum absolute atomic E-state index is 0.354. The van der Waals surface area contributed by atoms with E-state index in [-0.39, 0.29) is 0 Å². The molecule has 4 heteroatoms. The van der Waals surface area contributed by atoms with Gasteiger partial charge in [-0.1, -0.05) is 12.8 Å². The lowest BCUT2D eigenvalue weighted by Crippen LogP contribution is -2.27. The van der Waals surface area contributed by atoms with E-state index in [1.54, 1.807) is 7.11 Å². The van der Waals surface area contributed by atoms with Gasteiger partial charge in [0.25, 0.3) is 0 Å². The number of aliphatic hydroxyl groups excluding tert-OH is 1. The predicted octanol–water partition coefficient (Wildman–Crippen LogP) is 2.74. The Balaban J connectivity index is 1.73. The molecule has 0 heterocycles. The molecule has 1 fully saturated rings. The van der Waals surface area contributed by atoms with Crippen molar-refractivity contribution >= 4 is 5.69 Å². The second-order valence-corrected chi connectivity index (χ2v) is 5.46. The van der Waals surface area contributed by atoms with Crippen LogP contribution in [0.1, 0.15) is 31.2 Å². The zero-order valence-corrected chi connectivity index (χ0v) is 12.4. The minimum Gasteiger partial charge on any atom is -0.497 e. The monoisotopic (exact) mass is 279 g/mol. The van der Waals surface area contributed by atoms with Crippen LogP contribution in [-0.4, -0.2) is 37.6 Å². The van der Waals surface area contributed by atoms with Crippen LogP contribution in [0.2, 0.25) is 0 Å². The molecular formula is C16H25NO3. The summed E-state index contributed by atoms with van der Waals surface area (Å²) in [5.41, 5.74) is 2.12. The third-order valence-corrected chi connectivity index (χ3v) is 3.79. The van der Waals surface area contributed by atoms with Gasteiger partial charge in [0.2, 0.25) is 0 Å². The van der Waals surface area contributed by atoms with Crippen LogP contribution in [0.25, 0.3) is 0 Å². The van der Waals surface area contributed by atoms with E-state index in [0.29, 0.717) is 19.3 Å². The largest absolute Gasteiger partial charge is 0.497 e. The molecule has 1 aliphatic rings. The molecule has 1 aliphatic carbocycles. The molecule has 1 saturated carbocycles. The van der Waals surface area contributed by atoms with Gasteiger partial charge in [0.15, 0.2) is 0 Å². The lowest BCUT2D eigenvalue weighted by atomic mass is 10.2. The molecule has 20 heavy (non-hydrogen) atoms. The molecule has 0 radical (unpaired) electrons. The Morgan fingerprint density at radius 3 is 2.75 bits per heavy atom. The Bertz CT molecular complexity index is 416. The fraction of sp³-hybridized carbons (Fsp3) is 0.625. The average molecular weight is 279 g/mol. The highest BCUT2D eigenvalue weighted by atomic mass is 16.5. The number of ether oxygens (including phenoxy) is 2. The van der Waals surface area contributed by atoms with E-state index in [2.05, 4.69) is 5.32 Å². The van der Waals surface area contributed by atoms with Gasteiger partial charge in [-0.05, 0) is 43.5 Å². The predicted molar refractivity (Wildman–Crippen MR) is 80.4 cm³/mol. The van der Waals surface area contributed by atoms with Gasteiger partial charge in [-0.2, -0.15) is 0 Å². The van der Waals surface area contributed by atoms with Crippen molar-refractivity contribution in [2.45, 2.75) is 44.8 Å². The maximum Gasteiger partial charge on any atom is 0.119 e. The number of aliphatic hydroxyl groups is 1. The number of nitrogens with one attached hydrogen (secondary N) is 1. The first-order chi connectivity index (χ1) is 9.69. The van der Waals surface area contributed by atoms with Crippen LogP contribution >= 0.6 is 0 Å². The highest BCUT2D eigenvalue weighted by Gasteiger charge is 2.16. The Labute approximate surface area is 121 Å². The molecule has 2 rings (SSSR count). The summed E-state index contributed by atoms with van der Waals surface area (Å²) in [4.78, 5) is 0. The molecule has 0 amide bonds. The summed E-state index contributed by atoms with van der Waals surface area (Å²) in [6.07, 6.45) is 4.66. The van der Waals surface area contributed by atoms with Crippen molar-refractivity contribution in [2.24, 2.45) is 0 Å². The lowest BCUT2D eigenvalue weighted by molar-refractivity contribution is -0.00117. The molecule has 1 atom stereocenters. The Morgan fingerprint density at radius 2 is 2.10 bits per heavy atom. The van der Waals surface area contributed by atoms with Gasteiger partial charge >= 0.3 is 0 Å². The maximum atomic E-state index is 9.95. The minimum atomic E-state index is -0.475. The van der Waals surface area contributed by atoms with E-state index in [0.717, 1.165) is 29.8 Å². The summed E-state index contributed by atoms with van der Waals surface area (Å²) in [6.45, 7) is 2.93. The molecule has 0 bridgehead atoms. The third-order valence-electron chi connectivity index (χ3n) is 3.79. The smallest absolute Gasteiger partial charge is 0.119 e. The van der Waals surface area contributed by atoms with E-state index in [4.69, 9.17) is 9.47 Å². The van der Waals surface area contributed by atoms with Gasteiger partial charge in [0.1, 0.15) is 5.75 Å². The first-order valence-corrected chi connectivity index (χ1v) is 7.37. The van der Waals surface area contributed by atoms with Crippen LogP contribution in [-0.2, 0) is 4.74 Å². The van der Waals surface area contributed by atoms with Crippen LogP contribution in [0.15, 0.2) is 18.2 Å². The van der Waals surface area contributed by atoms with Crippen molar-refractivity contribution < 1.29 is 14.6 Å². The summed E-state index contributed by atoms with van der Waals surface area (Å²) >= 11 is 0. The molecule has 4 nitrogen and oxygen atoms in total. The average Bonchev–Trinajstić information content (AvgIpc) is 2.97. The number of hydrogen-bond acceptors (Lipinski definition) is 4. The highest BCUT2D eigenvalue weighted by Crippen LogP contribution is 2.22. The number of methoxy groups -OCH3 is 1. The molecule has 0 spiro atoms. The van der Waals surface area contributed by atoms with Gasteiger partial charge in [-0.25, -0.2) is 0 Å². The van der Waals surface area contributed by atoms with Gasteiger partial charge < -0.3 is 19.9 Å². The summed E-state index contributed by atoms with van der Waals surface area (Å²) < 4.78 is 10.9. The number of benzene rings is 1. The topological polar surface area (TPSA) is 50.7 Å². The van der Waals surface area contributed by atoms with Gasteiger partial charge in [-0.3, -0.25) is 0 Å². The fourth-order valence-electron chi connectivity index (χ4n) is 2.55. The van der Waals surface area contributed by atoms with Crippen molar-refractivity contribution in [1.29, 1.82) is 0 Å². The summed E-state index contributed by atoms with van der Waals surface area (Å²) in [6, 6.07) is 5.86. The first kappa shape index (κ1) is 15.1. The second-order valence-electron chi connectivity index (χ2n) is 5.46. The van der Waals surface area contributed by atoms with E-state index in [1.807, 2.05) is 25.1 Å². The first-order valence-electron chi connectivity index (χ1n) is 7.37. The highest BCUT2D eigenvalue weighted by molar-refractivity contribution is 5.53. The fourth-order valence-corrected chi connectivity index (χ4v) is 2.55.